The number of nitrogens with zero attached hydrogens (tertiary/aromatic N) is 2. The van der Waals surface area contributed by atoms with Gasteiger partial charge < -0.3 is 9.47 Å². The molecule has 0 spiro atoms. The van der Waals surface area contributed by atoms with E-state index >= 15 is 0 Å². The Kier molecular flexibility index (Phi) is 4.61. The zero-order valence-electron chi connectivity index (χ0n) is 14.4. The molecule has 2 aliphatic rings. The number of hydroxylamine groups is 2. The first kappa shape index (κ1) is 17.3. The van der Waals surface area contributed by atoms with Gasteiger partial charge in [-0.1, -0.05) is 30.3 Å². The predicted octanol–water partition coefficient (Wildman–Crippen LogP) is 2.38. The summed E-state index contributed by atoms with van der Waals surface area (Å²) >= 11 is 0. The maximum atomic E-state index is 11.3. The van der Waals surface area contributed by atoms with E-state index in [0.717, 1.165) is 5.56 Å². The van der Waals surface area contributed by atoms with Crippen molar-refractivity contribution in [3.63, 3.8) is 0 Å². The Morgan fingerprint density at radius 2 is 1.88 bits per heavy atom. The molecule has 5 atom stereocenters. The summed E-state index contributed by atoms with van der Waals surface area (Å²) in [5.41, 5.74) is 1.08. The van der Waals surface area contributed by atoms with Crippen LogP contribution in [-0.4, -0.2) is 46.2 Å². The van der Waals surface area contributed by atoms with Crippen LogP contribution in [0.25, 0.3) is 0 Å². The van der Waals surface area contributed by atoms with E-state index in [4.69, 9.17) is 14.3 Å². The highest BCUT2D eigenvalue weighted by molar-refractivity contribution is 5.14. The van der Waals surface area contributed by atoms with E-state index in [9.17, 15) is 10.1 Å². The van der Waals surface area contributed by atoms with Crippen molar-refractivity contribution in [2.45, 2.75) is 70.4 Å². The summed E-state index contributed by atoms with van der Waals surface area (Å²) in [5.74, 6) is -0.774. The van der Waals surface area contributed by atoms with Gasteiger partial charge in [0, 0.05) is 18.4 Å². The van der Waals surface area contributed by atoms with Crippen LogP contribution in [0.5, 0.6) is 0 Å². The van der Waals surface area contributed by atoms with Crippen molar-refractivity contribution >= 4 is 0 Å². The molecule has 132 valence electrons. The number of benzene rings is 1. The van der Waals surface area contributed by atoms with Gasteiger partial charge in [-0.05, 0) is 26.3 Å². The largest absolute Gasteiger partial charge is 0.343 e. The van der Waals surface area contributed by atoms with Crippen LogP contribution in [0.3, 0.4) is 0 Å². The van der Waals surface area contributed by atoms with Crippen molar-refractivity contribution in [2.24, 2.45) is 0 Å². The number of ether oxygens (including phenoxy) is 2. The van der Waals surface area contributed by atoms with E-state index in [1.165, 1.54) is 0 Å². The Labute approximate surface area is 141 Å². The maximum Gasteiger partial charge on any atom is 0.240 e. The molecule has 0 unspecified atom stereocenters. The van der Waals surface area contributed by atoms with Gasteiger partial charge in [0.2, 0.25) is 6.04 Å². The molecule has 24 heavy (non-hydrogen) atoms. The van der Waals surface area contributed by atoms with Crippen molar-refractivity contribution in [1.82, 2.24) is 5.06 Å². The van der Waals surface area contributed by atoms with Gasteiger partial charge >= 0.3 is 0 Å². The summed E-state index contributed by atoms with van der Waals surface area (Å²) in [4.78, 5) is 17.0. The first-order chi connectivity index (χ1) is 11.3. The highest BCUT2D eigenvalue weighted by Crippen LogP contribution is 2.39. The standard InChI is InChI=1S/C17H24N2O5/c1-11-14-16(23-17(3,4)22-14)15(12(2)19(20)21)24-18(11)10-13-8-6-5-7-9-13/h5-9,11-12,14-16H,10H2,1-4H3/t11-,12+,14-,15+,16-/m1/s1. The number of hydrogen-bond donors (Lipinski definition) is 0. The van der Waals surface area contributed by atoms with Gasteiger partial charge in [0.1, 0.15) is 12.2 Å². The first-order valence-corrected chi connectivity index (χ1v) is 8.25. The molecule has 2 aliphatic heterocycles. The average Bonchev–Trinajstić information content (AvgIpc) is 2.86. The predicted molar refractivity (Wildman–Crippen MR) is 86.6 cm³/mol. The third-order valence-electron chi connectivity index (χ3n) is 4.66. The van der Waals surface area contributed by atoms with E-state index < -0.39 is 24.0 Å². The van der Waals surface area contributed by atoms with Crippen LogP contribution in [-0.2, 0) is 20.9 Å². The summed E-state index contributed by atoms with van der Waals surface area (Å²) in [6.45, 7) is 7.74. The van der Waals surface area contributed by atoms with E-state index in [0.29, 0.717) is 6.54 Å². The highest BCUT2D eigenvalue weighted by Gasteiger charge is 2.56. The fourth-order valence-electron chi connectivity index (χ4n) is 3.35. The van der Waals surface area contributed by atoms with E-state index in [-0.39, 0.29) is 17.1 Å². The Hall–Kier alpha value is -1.54. The summed E-state index contributed by atoms with van der Waals surface area (Å²) < 4.78 is 12.0. The highest BCUT2D eigenvalue weighted by atomic mass is 16.8. The van der Waals surface area contributed by atoms with Gasteiger partial charge in [-0.2, -0.15) is 5.06 Å². The van der Waals surface area contributed by atoms with Crippen LogP contribution in [0.2, 0.25) is 0 Å². The monoisotopic (exact) mass is 336 g/mol. The summed E-state index contributed by atoms with van der Waals surface area (Å²) in [7, 11) is 0. The van der Waals surface area contributed by atoms with Crippen LogP contribution in [0.15, 0.2) is 30.3 Å². The van der Waals surface area contributed by atoms with Crippen molar-refractivity contribution < 1.29 is 19.2 Å². The lowest BCUT2D eigenvalue weighted by Crippen LogP contribution is -2.61. The molecule has 2 heterocycles. The van der Waals surface area contributed by atoms with Gasteiger partial charge in [-0.25, -0.2) is 0 Å². The van der Waals surface area contributed by atoms with Crippen molar-refractivity contribution in [3.05, 3.63) is 46.0 Å². The molecule has 7 nitrogen and oxygen atoms in total. The molecule has 0 radical (unpaired) electrons. The van der Waals surface area contributed by atoms with Crippen LogP contribution >= 0.6 is 0 Å². The minimum absolute atomic E-state index is 0.0767. The van der Waals surface area contributed by atoms with Crippen molar-refractivity contribution in [1.29, 1.82) is 0 Å². The van der Waals surface area contributed by atoms with Crippen LogP contribution in [0.4, 0.5) is 0 Å². The summed E-state index contributed by atoms with van der Waals surface area (Å²) in [6, 6.07) is 8.92. The summed E-state index contributed by atoms with van der Waals surface area (Å²) in [6.07, 6.45) is -1.42. The average molecular weight is 336 g/mol. The second-order valence-corrected chi connectivity index (χ2v) is 6.96. The van der Waals surface area contributed by atoms with Crippen molar-refractivity contribution in [2.75, 3.05) is 0 Å². The van der Waals surface area contributed by atoms with Gasteiger partial charge in [0.15, 0.2) is 11.9 Å². The molecule has 0 aromatic heterocycles. The molecule has 1 aromatic rings. The molecule has 3 rings (SSSR count). The zero-order valence-corrected chi connectivity index (χ0v) is 14.4. The molecular formula is C17H24N2O5. The van der Waals surface area contributed by atoms with Gasteiger partial charge in [-0.3, -0.25) is 15.0 Å². The molecule has 0 bridgehead atoms. The Morgan fingerprint density at radius 3 is 2.50 bits per heavy atom. The topological polar surface area (TPSA) is 74.1 Å². The SMILES string of the molecule is C[C@@H]1[C@H]2OC(C)(C)O[C@H]2[C@H]([C@H](C)[N+](=O)[O-])ON1Cc1ccccc1. The maximum absolute atomic E-state index is 11.3. The molecule has 2 saturated heterocycles. The number of hydrogen-bond acceptors (Lipinski definition) is 6. The second kappa shape index (κ2) is 6.40. The molecule has 0 amide bonds. The van der Waals surface area contributed by atoms with Gasteiger partial charge in [-0.15, -0.1) is 0 Å². The third kappa shape index (κ3) is 3.30. The molecule has 2 fully saturated rings. The van der Waals surface area contributed by atoms with Crippen molar-refractivity contribution in [3.8, 4) is 0 Å². The van der Waals surface area contributed by atoms with Crippen LogP contribution < -0.4 is 0 Å². The first-order valence-electron chi connectivity index (χ1n) is 8.25. The minimum atomic E-state index is -0.888. The lowest BCUT2D eigenvalue weighted by atomic mass is 9.96. The molecule has 1 aromatic carbocycles. The Morgan fingerprint density at radius 1 is 1.25 bits per heavy atom. The molecule has 0 saturated carbocycles. The zero-order chi connectivity index (χ0) is 17.5. The van der Waals surface area contributed by atoms with E-state index in [1.807, 2.05) is 51.1 Å². The second-order valence-electron chi connectivity index (χ2n) is 6.96. The van der Waals surface area contributed by atoms with Gasteiger partial charge in [0.25, 0.3) is 0 Å². The fourth-order valence-corrected chi connectivity index (χ4v) is 3.35. The number of rotatable bonds is 4. The van der Waals surface area contributed by atoms with E-state index in [2.05, 4.69) is 0 Å². The summed E-state index contributed by atoms with van der Waals surface area (Å²) in [5, 5.41) is 13.1. The molecule has 0 N–H and O–H groups in total. The smallest absolute Gasteiger partial charge is 0.240 e. The molecule has 0 aliphatic carbocycles. The molecule has 7 heteroatoms. The molecular weight excluding hydrogens is 312 g/mol. The number of nitro groups is 1. The third-order valence-corrected chi connectivity index (χ3v) is 4.66. The van der Waals surface area contributed by atoms with Crippen LogP contribution in [0, 0.1) is 10.1 Å². The Bertz CT molecular complexity index is 594. The van der Waals surface area contributed by atoms with Gasteiger partial charge in [0.05, 0.1) is 6.04 Å². The Balaban J connectivity index is 1.85. The number of fused-ring (bicyclic) bond motifs is 1. The lowest BCUT2D eigenvalue weighted by Gasteiger charge is -2.42. The quantitative estimate of drug-likeness (QED) is 0.621. The van der Waals surface area contributed by atoms with E-state index in [1.54, 1.807) is 12.0 Å². The van der Waals surface area contributed by atoms with Crippen LogP contribution in [0.1, 0.15) is 33.3 Å². The normalized spacial score (nSPS) is 33.8. The minimum Gasteiger partial charge on any atom is -0.343 e. The lowest BCUT2D eigenvalue weighted by molar-refractivity contribution is -0.544. The fraction of sp³-hybridized carbons (Fsp3) is 0.647.